The van der Waals surface area contributed by atoms with E-state index in [0.29, 0.717) is 6.61 Å². The van der Waals surface area contributed by atoms with Crippen molar-refractivity contribution in [2.45, 2.75) is 33.0 Å². The van der Waals surface area contributed by atoms with Gasteiger partial charge < -0.3 is 13.7 Å². The number of aryl methyl sites for hydroxylation is 2. The summed E-state index contributed by atoms with van der Waals surface area (Å²) >= 11 is 0. The molecule has 3 rings (SSSR count). The number of morpholine rings is 1. The summed E-state index contributed by atoms with van der Waals surface area (Å²) in [4.78, 5) is 2.33. The van der Waals surface area contributed by atoms with Crippen molar-refractivity contribution in [2.75, 3.05) is 19.7 Å². The molecule has 0 saturated carbocycles. The van der Waals surface area contributed by atoms with Crippen molar-refractivity contribution in [1.29, 1.82) is 0 Å². The minimum atomic E-state index is -0.0118. The van der Waals surface area contributed by atoms with E-state index in [1.54, 1.807) is 6.33 Å². The Bertz CT molecular complexity index is 563. The Balaban J connectivity index is 1.67. The molecule has 6 nitrogen and oxygen atoms in total. The van der Waals surface area contributed by atoms with Gasteiger partial charge in [-0.15, -0.1) is 10.2 Å². The van der Waals surface area contributed by atoms with Crippen molar-refractivity contribution in [3.8, 4) is 0 Å². The van der Waals surface area contributed by atoms with Crippen LogP contribution in [-0.2, 0) is 17.8 Å². The van der Waals surface area contributed by atoms with Crippen LogP contribution in [0, 0.1) is 6.92 Å². The Morgan fingerprint density at radius 1 is 1.40 bits per heavy atom. The smallest absolute Gasteiger partial charge is 0.163 e. The molecule has 0 aliphatic carbocycles. The molecule has 0 radical (unpaired) electrons. The number of hydrogen-bond acceptors (Lipinski definition) is 5. The first-order valence-electron chi connectivity index (χ1n) is 7.03. The molecule has 2 aromatic heterocycles. The first kappa shape index (κ1) is 13.3. The summed E-state index contributed by atoms with van der Waals surface area (Å²) in [6.45, 7) is 8.16. The molecule has 0 aromatic carbocycles. The number of aromatic nitrogens is 3. The molecule has 0 bridgehead atoms. The van der Waals surface area contributed by atoms with Crippen LogP contribution in [0.2, 0.25) is 0 Å². The van der Waals surface area contributed by atoms with E-state index >= 15 is 0 Å². The van der Waals surface area contributed by atoms with Crippen molar-refractivity contribution in [2.24, 2.45) is 0 Å². The van der Waals surface area contributed by atoms with Crippen LogP contribution < -0.4 is 0 Å². The highest BCUT2D eigenvalue weighted by molar-refractivity contribution is 5.06. The van der Waals surface area contributed by atoms with Crippen molar-refractivity contribution in [1.82, 2.24) is 19.7 Å². The van der Waals surface area contributed by atoms with E-state index in [9.17, 15) is 0 Å². The highest BCUT2D eigenvalue weighted by atomic mass is 16.5. The predicted molar refractivity (Wildman–Crippen MR) is 73.1 cm³/mol. The minimum Gasteiger partial charge on any atom is -0.465 e. The lowest BCUT2D eigenvalue weighted by molar-refractivity contribution is -0.0405. The minimum absolute atomic E-state index is 0.0118. The molecular formula is C14H20N4O2. The lowest BCUT2D eigenvalue weighted by Gasteiger charge is -2.31. The molecule has 0 spiro atoms. The van der Waals surface area contributed by atoms with E-state index in [2.05, 4.69) is 22.0 Å². The van der Waals surface area contributed by atoms with Crippen molar-refractivity contribution < 1.29 is 9.15 Å². The van der Waals surface area contributed by atoms with Crippen LogP contribution in [0.4, 0.5) is 0 Å². The second kappa shape index (κ2) is 5.76. The van der Waals surface area contributed by atoms with Crippen molar-refractivity contribution in [3.05, 3.63) is 35.8 Å². The summed E-state index contributed by atoms with van der Waals surface area (Å²) in [5.74, 6) is 2.86. The molecule has 0 N–H and O–H groups in total. The molecule has 2 aromatic rings. The van der Waals surface area contributed by atoms with E-state index in [-0.39, 0.29) is 6.10 Å². The van der Waals surface area contributed by atoms with Crippen LogP contribution >= 0.6 is 0 Å². The quantitative estimate of drug-likeness (QED) is 0.852. The van der Waals surface area contributed by atoms with Gasteiger partial charge in [-0.3, -0.25) is 4.90 Å². The van der Waals surface area contributed by atoms with Crippen molar-refractivity contribution in [3.63, 3.8) is 0 Å². The first-order chi connectivity index (χ1) is 9.76. The lowest BCUT2D eigenvalue weighted by Crippen LogP contribution is -2.38. The fraction of sp³-hybridized carbons (Fsp3) is 0.571. The van der Waals surface area contributed by atoms with Crippen LogP contribution in [0.25, 0.3) is 0 Å². The largest absolute Gasteiger partial charge is 0.465 e. The number of ether oxygens (including phenoxy) is 1. The predicted octanol–water partition coefficient (Wildman–Crippen LogP) is 1.77. The molecule has 3 heterocycles. The molecule has 1 atom stereocenters. The third-order valence-electron chi connectivity index (χ3n) is 3.60. The summed E-state index contributed by atoms with van der Waals surface area (Å²) in [7, 11) is 0. The van der Waals surface area contributed by atoms with Crippen LogP contribution in [0.3, 0.4) is 0 Å². The van der Waals surface area contributed by atoms with Gasteiger partial charge in [0.1, 0.15) is 24.0 Å². The number of hydrogen-bond donors (Lipinski definition) is 0. The molecule has 1 saturated heterocycles. The monoisotopic (exact) mass is 276 g/mol. The summed E-state index contributed by atoms with van der Waals surface area (Å²) in [5.41, 5.74) is 0. The fourth-order valence-corrected chi connectivity index (χ4v) is 2.55. The van der Waals surface area contributed by atoms with Crippen LogP contribution in [0.15, 0.2) is 22.9 Å². The first-order valence-corrected chi connectivity index (χ1v) is 7.03. The van der Waals surface area contributed by atoms with Gasteiger partial charge in [-0.1, -0.05) is 0 Å². The van der Waals surface area contributed by atoms with Gasteiger partial charge in [-0.25, -0.2) is 0 Å². The zero-order chi connectivity index (χ0) is 13.9. The highest BCUT2D eigenvalue weighted by Gasteiger charge is 2.26. The van der Waals surface area contributed by atoms with Gasteiger partial charge in [-0.05, 0) is 26.0 Å². The zero-order valence-corrected chi connectivity index (χ0v) is 12.0. The second-order valence-corrected chi connectivity index (χ2v) is 5.08. The number of rotatable bonds is 4. The fourth-order valence-electron chi connectivity index (χ4n) is 2.55. The van der Waals surface area contributed by atoms with Crippen LogP contribution in [-0.4, -0.2) is 39.4 Å². The lowest BCUT2D eigenvalue weighted by atomic mass is 10.2. The normalized spacial score (nSPS) is 20.4. The standard InChI is InChI=1S/C14H20N4O2/c1-3-18-10-15-16-14(18)13-9-17(6-7-19-13)8-12-5-4-11(2)20-12/h4-5,10,13H,3,6-9H2,1-2H3/t13-/m0/s1. The summed E-state index contributed by atoms with van der Waals surface area (Å²) in [5, 5.41) is 8.17. The second-order valence-electron chi connectivity index (χ2n) is 5.08. The highest BCUT2D eigenvalue weighted by Crippen LogP contribution is 2.22. The van der Waals surface area contributed by atoms with Crippen molar-refractivity contribution >= 4 is 0 Å². The molecular weight excluding hydrogens is 256 g/mol. The van der Waals surface area contributed by atoms with E-state index in [1.807, 2.05) is 23.6 Å². The molecule has 1 aliphatic heterocycles. The van der Waals surface area contributed by atoms with Gasteiger partial charge >= 0.3 is 0 Å². The van der Waals surface area contributed by atoms with Gasteiger partial charge in [0.25, 0.3) is 0 Å². The zero-order valence-electron chi connectivity index (χ0n) is 12.0. The van der Waals surface area contributed by atoms with E-state index in [0.717, 1.165) is 43.5 Å². The van der Waals surface area contributed by atoms with E-state index in [1.165, 1.54) is 0 Å². The van der Waals surface area contributed by atoms with Gasteiger partial charge in [0.2, 0.25) is 0 Å². The Hall–Kier alpha value is -1.66. The molecule has 20 heavy (non-hydrogen) atoms. The summed E-state index contributed by atoms with van der Waals surface area (Å²) in [6.07, 6.45) is 1.75. The number of nitrogens with zero attached hydrogens (tertiary/aromatic N) is 4. The molecule has 0 unspecified atom stereocenters. The Labute approximate surface area is 118 Å². The summed E-state index contributed by atoms with van der Waals surface area (Å²) in [6, 6.07) is 4.04. The van der Waals surface area contributed by atoms with Gasteiger partial charge in [0.15, 0.2) is 5.82 Å². The third-order valence-corrected chi connectivity index (χ3v) is 3.60. The number of furan rings is 1. The Morgan fingerprint density at radius 2 is 2.30 bits per heavy atom. The maximum atomic E-state index is 5.84. The van der Waals surface area contributed by atoms with Gasteiger partial charge in [0, 0.05) is 19.6 Å². The average molecular weight is 276 g/mol. The molecule has 108 valence electrons. The third kappa shape index (κ3) is 2.76. The van der Waals surface area contributed by atoms with Crippen LogP contribution in [0.5, 0.6) is 0 Å². The Morgan fingerprint density at radius 3 is 3.05 bits per heavy atom. The van der Waals surface area contributed by atoms with Gasteiger partial charge in [0.05, 0.1) is 13.2 Å². The molecule has 0 amide bonds. The van der Waals surface area contributed by atoms with Crippen LogP contribution in [0.1, 0.15) is 30.4 Å². The molecule has 1 fully saturated rings. The summed E-state index contributed by atoms with van der Waals surface area (Å²) < 4.78 is 13.5. The SMILES string of the molecule is CCn1cnnc1[C@@H]1CN(Cc2ccc(C)o2)CCO1. The van der Waals surface area contributed by atoms with E-state index < -0.39 is 0 Å². The molecule has 6 heteroatoms. The van der Waals surface area contributed by atoms with Gasteiger partial charge in [-0.2, -0.15) is 0 Å². The maximum Gasteiger partial charge on any atom is 0.163 e. The maximum absolute atomic E-state index is 5.84. The average Bonchev–Trinajstić information content (AvgIpc) is 3.08. The molecule has 1 aliphatic rings. The topological polar surface area (TPSA) is 56.3 Å². The van der Waals surface area contributed by atoms with E-state index in [4.69, 9.17) is 9.15 Å². The Kier molecular flexibility index (Phi) is 3.84.